The van der Waals surface area contributed by atoms with Gasteiger partial charge in [-0.15, -0.1) is 0 Å². The quantitative estimate of drug-likeness (QED) is 0.656. The first-order valence-electron chi connectivity index (χ1n) is 12.1. The number of carbonyl (C=O) groups is 3. The van der Waals surface area contributed by atoms with Crippen LogP contribution in [0.3, 0.4) is 0 Å². The van der Waals surface area contributed by atoms with Gasteiger partial charge in [0.05, 0.1) is 11.9 Å². The summed E-state index contributed by atoms with van der Waals surface area (Å²) in [6.07, 6.45) is 5.78. The van der Waals surface area contributed by atoms with Gasteiger partial charge in [-0.05, 0) is 67.8 Å². The van der Waals surface area contributed by atoms with Crippen molar-refractivity contribution >= 4 is 28.4 Å². The summed E-state index contributed by atoms with van der Waals surface area (Å²) in [6.45, 7) is 9.68. The van der Waals surface area contributed by atoms with Crippen molar-refractivity contribution < 1.29 is 24.6 Å². The molecule has 7 atom stereocenters. The third-order valence-electron chi connectivity index (χ3n) is 9.46. The Morgan fingerprint density at radius 3 is 2.50 bits per heavy atom. The molecule has 0 amide bonds. The molecule has 0 aromatic rings. The third-order valence-corrected chi connectivity index (χ3v) is 10.7. The van der Waals surface area contributed by atoms with E-state index in [-0.39, 0.29) is 45.6 Å². The zero-order chi connectivity index (χ0) is 23.7. The zero-order valence-corrected chi connectivity index (χ0v) is 20.9. The number of allylic oxidation sites excluding steroid dienone is 1. The Balaban J connectivity index is 1.59. The molecule has 5 nitrogen and oxygen atoms in total. The highest BCUT2D eigenvalue weighted by Crippen LogP contribution is 2.67. The van der Waals surface area contributed by atoms with Crippen molar-refractivity contribution in [1.82, 2.24) is 0 Å². The van der Waals surface area contributed by atoms with Crippen molar-refractivity contribution in [2.24, 2.45) is 34.0 Å². The highest BCUT2D eigenvalue weighted by Gasteiger charge is 2.68. The van der Waals surface area contributed by atoms with Crippen molar-refractivity contribution in [1.29, 1.82) is 0 Å². The zero-order valence-electron chi connectivity index (χ0n) is 20.1. The second-order valence-corrected chi connectivity index (χ2v) is 13.2. The van der Waals surface area contributed by atoms with E-state index in [1.807, 2.05) is 33.8 Å². The lowest BCUT2D eigenvalue weighted by Crippen LogP contribution is -2.62. The summed E-state index contributed by atoms with van der Waals surface area (Å²) in [6, 6.07) is 0. The van der Waals surface area contributed by atoms with Crippen LogP contribution in [0.2, 0.25) is 0 Å². The number of thioether (sulfide) groups is 1. The van der Waals surface area contributed by atoms with Gasteiger partial charge >= 0.3 is 0 Å². The van der Waals surface area contributed by atoms with E-state index < -0.39 is 22.5 Å². The molecule has 0 aromatic heterocycles. The predicted octanol–water partition coefficient (Wildman–Crippen LogP) is 4.10. The second kappa shape index (κ2) is 7.78. The molecule has 4 rings (SSSR count). The van der Waals surface area contributed by atoms with Gasteiger partial charge in [-0.3, -0.25) is 14.4 Å². The number of Topliss-reactive ketones (excluding diaryl/α,β-unsaturated/α-hetero) is 1. The molecule has 3 fully saturated rings. The summed E-state index contributed by atoms with van der Waals surface area (Å²) in [4.78, 5) is 37.7. The normalized spacial score (nSPS) is 43.7. The molecule has 4 aliphatic rings. The van der Waals surface area contributed by atoms with Crippen LogP contribution in [0.5, 0.6) is 0 Å². The van der Waals surface area contributed by atoms with E-state index in [0.29, 0.717) is 19.3 Å². The summed E-state index contributed by atoms with van der Waals surface area (Å²) in [5.41, 5.74) is -1.74. The minimum atomic E-state index is -1.51. The van der Waals surface area contributed by atoms with Gasteiger partial charge < -0.3 is 10.2 Å². The van der Waals surface area contributed by atoms with Crippen molar-refractivity contribution in [2.75, 3.05) is 5.75 Å². The Bertz CT molecular complexity index is 872. The first kappa shape index (κ1) is 24.2. The molecule has 178 valence electrons. The van der Waals surface area contributed by atoms with Crippen LogP contribution in [0.15, 0.2) is 11.6 Å². The van der Waals surface area contributed by atoms with E-state index >= 15 is 0 Å². The van der Waals surface area contributed by atoms with Gasteiger partial charge in [-0.25, -0.2) is 0 Å². The molecule has 0 radical (unpaired) electrons. The fourth-order valence-corrected chi connectivity index (χ4v) is 8.55. The first-order chi connectivity index (χ1) is 14.7. The van der Waals surface area contributed by atoms with E-state index in [9.17, 15) is 24.6 Å². The van der Waals surface area contributed by atoms with Crippen molar-refractivity contribution in [3.63, 3.8) is 0 Å². The molecule has 0 spiro atoms. The van der Waals surface area contributed by atoms with Gasteiger partial charge in [0.2, 0.25) is 0 Å². The number of carbonyl (C=O) groups excluding carboxylic acids is 3. The predicted molar refractivity (Wildman–Crippen MR) is 125 cm³/mol. The van der Waals surface area contributed by atoms with Gasteiger partial charge in [0.1, 0.15) is 5.60 Å². The number of fused-ring (bicyclic) bond motifs is 5. The molecule has 3 saturated carbocycles. The summed E-state index contributed by atoms with van der Waals surface area (Å²) < 4.78 is 0. The van der Waals surface area contributed by atoms with E-state index in [4.69, 9.17) is 0 Å². The Labute approximate surface area is 195 Å². The molecule has 0 saturated heterocycles. The molecule has 32 heavy (non-hydrogen) atoms. The number of hydrogen-bond donors (Lipinski definition) is 2. The summed E-state index contributed by atoms with van der Waals surface area (Å²) >= 11 is 1.00. The Morgan fingerprint density at radius 1 is 1.16 bits per heavy atom. The Hall–Kier alpha value is -0.980. The summed E-state index contributed by atoms with van der Waals surface area (Å²) in [5, 5.41) is 23.1. The van der Waals surface area contributed by atoms with E-state index in [2.05, 4.69) is 6.92 Å². The molecule has 0 aliphatic heterocycles. The first-order valence-corrected chi connectivity index (χ1v) is 13.1. The van der Waals surface area contributed by atoms with E-state index in [1.165, 1.54) is 5.57 Å². The second-order valence-electron chi connectivity index (χ2n) is 12.2. The fourth-order valence-electron chi connectivity index (χ4n) is 7.62. The number of rotatable bonds is 3. The highest BCUT2D eigenvalue weighted by atomic mass is 32.2. The minimum absolute atomic E-state index is 0.0220. The summed E-state index contributed by atoms with van der Waals surface area (Å²) in [7, 11) is 0. The van der Waals surface area contributed by atoms with Crippen LogP contribution in [0.4, 0.5) is 0 Å². The molecular weight excluding hydrogens is 424 g/mol. The van der Waals surface area contributed by atoms with Crippen molar-refractivity contribution in [2.45, 2.75) is 91.3 Å². The van der Waals surface area contributed by atoms with Crippen LogP contribution in [0, 0.1) is 34.0 Å². The lowest BCUT2D eigenvalue weighted by Gasteiger charge is -2.60. The molecule has 0 aromatic carbocycles. The van der Waals surface area contributed by atoms with Crippen LogP contribution in [0.25, 0.3) is 0 Å². The maximum Gasteiger partial charge on any atom is 0.194 e. The number of aliphatic hydroxyl groups is 2. The molecule has 4 aliphatic carbocycles. The number of hydrogen-bond acceptors (Lipinski definition) is 6. The molecule has 6 heteroatoms. The van der Waals surface area contributed by atoms with E-state index in [0.717, 1.165) is 37.4 Å². The topological polar surface area (TPSA) is 91.7 Å². The van der Waals surface area contributed by atoms with Gasteiger partial charge in [-0.1, -0.05) is 52.0 Å². The maximum atomic E-state index is 13.3. The Kier molecular flexibility index (Phi) is 5.87. The minimum Gasteiger partial charge on any atom is -0.393 e. The monoisotopic (exact) mass is 462 g/mol. The largest absolute Gasteiger partial charge is 0.393 e. The highest BCUT2D eigenvalue weighted by molar-refractivity contribution is 8.14. The van der Waals surface area contributed by atoms with Gasteiger partial charge in [0, 0.05) is 17.3 Å². The van der Waals surface area contributed by atoms with Crippen molar-refractivity contribution in [3.05, 3.63) is 11.6 Å². The standard InChI is InChI=1S/C26H38O5S/c1-23(2,3)22(30)32-14-20(29)26(31)11-9-18-17-7-6-15-12-16(27)8-10-24(15,4)21(17)19(28)13-25(18,26)5/h12,17-19,21,28,31H,6-11,13-14H2,1-5H3/t17?,18?,19?,21?,24?,25?,26-/m0/s1. The van der Waals surface area contributed by atoms with Crippen LogP contribution in [-0.4, -0.2) is 44.4 Å². The molecule has 6 unspecified atom stereocenters. The maximum absolute atomic E-state index is 13.3. The average molecular weight is 463 g/mol. The van der Waals surface area contributed by atoms with Crippen LogP contribution < -0.4 is 0 Å². The van der Waals surface area contributed by atoms with E-state index in [1.54, 1.807) is 0 Å². The molecule has 0 bridgehead atoms. The SMILES string of the molecule is CC(C)(C)C(=O)SCC(=O)[C@@]1(O)CCC2C3CCC4=CC(=O)CCC4(C)C3C(O)CC21C. The average Bonchev–Trinajstić information content (AvgIpc) is 2.97. The lowest BCUT2D eigenvalue weighted by molar-refractivity contribution is -0.178. The van der Waals surface area contributed by atoms with Gasteiger partial charge in [-0.2, -0.15) is 0 Å². The van der Waals surface area contributed by atoms with Crippen LogP contribution in [0.1, 0.15) is 79.6 Å². The fraction of sp³-hybridized carbons (Fsp3) is 0.808. The van der Waals surface area contributed by atoms with Crippen molar-refractivity contribution in [3.8, 4) is 0 Å². The summed E-state index contributed by atoms with van der Waals surface area (Å²) in [5.74, 6) is 0.332. The number of ketones is 2. The molecule has 2 N–H and O–H groups in total. The van der Waals surface area contributed by atoms with Crippen LogP contribution in [-0.2, 0) is 14.4 Å². The molecule has 0 heterocycles. The van der Waals surface area contributed by atoms with Gasteiger partial charge in [0.15, 0.2) is 16.7 Å². The Morgan fingerprint density at radius 2 is 1.84 bits per heavy atom. The lowest BCUT2D eigenvalue weighted by atomic mass is 9.45. The third kappa shape index (κ3) is 3.47. The van der Waals surface area contributed by atoms with Gasteiger partial charge in [0.25, 0.3) is 0 Å². The smallest absolute Gasteiger partial charge is 0.194 e. The molecular formula is C26H38O5S. The number of aliphatic hydroxyl groups excluding tert-OH is 1. The van der Waals surface area contributed by atoms with Crippen LogP contribution >= 0.6 is 11.8 Å².